The van der Waals surface area contributed by atoms with Crippen LogP contribution in [0.2, 0.25) is 5.02 Å². The predicted octanol–water partition coefficient (Wildman–Crippen LogP) is 4.79. The van der Waals surface area contributed by atoms with E-state index in [0.29, 0.717) is 15.9 Å². The smallest absolute Gasteiger partial charge is 0.401 e. The lowest BCUT2D eigenvalue weighted by Gasteiger charge is -2.18. The molecule has 2 aromatic heterocycles. The molecule has 4 rings (SSSR count). The van der Waals surface area contributed by atoms with Gasteiger partial charge < -0.3 is 9.32 Å². The minimum Gasteiger partial charge on any atom is -0.401 e. The van der Waals surface area contributed by atoms with Crippen molar-refractivity contribution in [2.45, 2.75) is 18.0 Å². The monoisotopic (exact) mass is 417 g/mol. The van der Waals surface area contributed by atoms with E-state index in [-0.39, 0.29) is 5.88 Å². The maximum atomic E-state index is 10.7. The maximum Gasteiger partial charge on any atom is 0.433 e. The SMILES string of the molecule is O=[N+]([O-])c1ccc(/C=C/Sc2nnc(N3CCCC3)n2-c2cccc(Cl)c2)o1. The Morgan fingerprint density at radius 2 is 2.04 bits per heavy atom. The van der Waals surface area contributed by atoms with E-state index >= 15 is 0 Å². The molecule has 0 spiro atoms. The van der Waals surface area contributed by atoms with E-state index in [1.54, 1.807) is 17.6 Å². The first-order valence-corrected chi connectivity index (χ1v) is 9.91. The number of anilines is 1. The molecule has 0 saturated carbocycles. The van der Waals surface area contributed by atoms with Crippen LogP contribution in [0.3, 0.4) is 0 Å². The van der Waals surface area contributed by atoms with Gasteiger partial charge in [-0.2, -0.15) is 0 Å². The molecule has 0 aliphatic carbocycles. The molecular weight excluding hydrogens is 402 g/mol. The average molecular weight is 418 g/mol. The van der Waals surface area contributed by atoms with Crippen molar-refractivity contribution in [2.75, 3.05) is 18.0 Å². The third-order valence-corrected chi connectivity index (χ3v) is 5.25. The molecule has 0 amide bonds. The summed E-state index contributed by atoms with van der Waals surface area (Å²) in [4.78, 5) is 12.4. The Morgan fingerprint density at radius 1 is 1.21 bits per heavy atom. The first-order valence-electron chi connectivity index (χ1n) is 8.65. The van der Waals surface area contributed by atoms with Gasteiger partial charge in [0.15, 0.2) is 0 Å². The molecule has 0 radical (unpaired) electrons. The van der Waals surface area contributed by atoms with Gasteiger partial charge in [-0.15, -0.1) is 10.2 Å². The zero-order chi connectivity index (χ0) is 19.5. The van der Waals surface area contributed by atoms with Crippen molar-refractivity contribution >= 4 is 41.3 Å². The highest BCUT2D eigenvalue weighted by atomic mass is 35.5. The molecule has 1 saturated heterocycles. The molecule has 144 valence electrons. The third-order valence-electron chi connectivity index (χ3n) is 4.27. The molecular formula is C18H16ClN5O3S. The van der Waals surface area contributed by atoms with E-state index in [9.17, 15) is 10.1 Å². The summed E-state index contributed by atoms with van der Waals surface area (Å²) >= 11 is 7.53. The van der Waals surface area contributed by atoms with Crippen LogP contribution in [-0.4, -0.2) is 32.8 Å². The van der Waals surface area contributed by atoms with E-state index in [0.717, 1.165) is 37.6 Å². The van der Waals surface area contributed by atoms with E-state index in [4.69, 9.17) is 16.0 Å². The number of thioether (sulfide) groups is 1. The summed E-state index contributed by atoms with van der Waals surface area (Å²) < 4.78 is 7.10. The van der Waals surface area contributed by atoms with Crippen LogP contribution in [-0.2, 0) is 0 Å². The van der Waals surface area contributed by atoms with Crippen molar-refractivity contribution in [3.63, 3.8) is 0 Å². The second-order valence-electron chi connectivity index (χ2n) is 6.15. The number of furan rings is 1. The number of nitro groups is 1. The minimum absolute atomic E-state index is 0.289. The Hall–Kier alpha value is -2.78. The standard InChI is InChI=1S/C18H16ClN5O3S/c19-13-4-3-5-14(12-13)23-17(22-9-1-2-10-22)20-21-18(23)28-11-8-15-6-7-16(27-15)24(25)26/h3-8,11-12H,1-2,9-10H2/b11-8+. The Bertz CT molecular complexity index is 1030. The number of rotatable bonds is 6. The Morgan fingerprint density at radius 3 is 2.75 bits per heavy atom. The lowest BCUT2D eigenvalue weighted by atomic mass is 10.3. The largest absolute Gasteiger partial charge is 0.433 e. The lowest BCUT2D eigenvalue weighted by molar-refractivity contribution is -0.402. The Kier molecular flexibility index (Phi) is 5.36. The highest BCUT2D eigenvalue weighted by Crippen LogP contribution is 2.30. The van der Waals surface area contributed by atoms with Gasteiger partial charge in [-0.1, -0.05) is 29.4 Å². The summed E-state index contributed by atoms with van der Waals surface area (Å²) in [5.41, 5.74) is 0.879. The Labute approximate surface area is 170 Å². The van der Waals surface area contributed by atoms with Gasteiger partial charge in [-0.3, -0.25) is 14.7 Å². The van der Waals surface area contributed by atoms with E-state index in [2.05, 4.69) is 15.1 Å². The molecule has 1 aliphatic rings. The topological polar surface area (TPSA) is 90.2 Å². The van der Waals surface area contributed by atoms with Crippen molar-refractivity contribution in [1.82, 2.24) is 14.8 Å². The van der Waals surface area contributed by atoms with Crippen molar-refractivity contribution in [3.8, 4) is 5.69 Å². The predicted molar refractivity (Wildman–Crippen MR) is 108 cm³/mol. The third kappa shape index (κ3) is 3.90. The summed E-state index contributed by atoms with van der Waals surface area (Å²) in [6.45, 7) is 1.88. The summed E-state index contributed by atoms with van der Waals surface area (Å²) in [5.74, 6) is 0.889. The molecule has 0 atom stereocenters. The zero-order valence-corrected chi connectivity index (χ0v) is 16.3. The highest BCUT2D eigenvalue weighted by molar-refractivity contribution is 8.02. The van der Waals surface area contributed by atoms with Crippen LogP contribution in [0.4, 0.5) is 11.8 Å². The lowest BCUT2D eigenvalue weighted by Crippen LogP contribution is -2.21. The minimum atomic E-state index is -0.567. The van der Waals surface area contributed by atoms with Gasteiger partial charge >= 0.3 is 5.88 Å². The number of nitrogens with zero attached hydrogens (tertiary/aromatic N) is 5. The highest BCUT2D eigenvalue weighted by Gasteiger charge is 2.22. The fourth-order valence-corrected chi connectivity index (χ4v) is 3.88. The van der Waals surface area contributed by atoms with Crippen LogP contribution in [0.25, 0.3) is 11.8 Å². The number of hydrogen-bond donors (Lipinski definition) is 0. The molecule has 10 heteroatoms. The molecule has 3 heterocycles. The maximum absolute atomic E-state index is 10.7. The summed E-state index contributed by atoms with van der Waals surface area (Å²) in [6.07, 6.45) is 3.91. The van der Waals surface area contributed by atoms with Crippen LogP contribution in [0.1, 0.15) is 18.6 Å². The van der Waals surface area contributed by atoms with Gasteiger partial charge in [0.1, 0.15) is 10.7 Å². The molecule has 3 aromatic rings. The number of hydrogen-bond acceptors (Lipinski definition) is 7. The summed E-state index contributed by atoms with van der Waals surface area (Å²) in [5, 5.41) is 22.5. The van der Waals surface area contributed by atoms with Gasteiger partial charge in [0, 0.05) is 18.1 Å². The van der Waals surface area contributed by atoms with E-state index < -0.39 is 4.92 Å². The fourth-order valence-electron chi connectivity index (χ4n) is 2.99. The van der Waals surface area contributed by atoms with Gasteiger partial charge in [0.05, 0.1) is 11.8 Å². The summed E-state index contributed by atoms with van der Waals surface area (Å²) in [7, 11) is 0. The molecule has 28 heavy (non-hydrogen) atoms. The van der Waals surface area contributed by atoms with Crippen molar-refractivity contribution in [2.24, 2.45) is 0 Å². The van der Waals surface area contributed by atoms with Crippen molar-refractivity contribution in [3.05, 3.63) is 62.7 Å². The van der Waals surface area contributed by atoms with Crippen LogP contribution >= 0.6 is 23.4 Å². The quantitative estimate of drug-likeness (QED) is 0.323. The van der Waals surface area contributed by atoms with Crippen LogP contribution in [0.15, 0.2) is 51.4 Å². The molecule has 0 bridgehead atoms. The van der Waals surface area contributed by atoms with Crippen molar-refractivity contribution < 1.29 is 9.34 Å². The number of benzene rings is 1. The molecule has 0 unspecified atom stereocenters. The van der Waals surface area contributed by atoms with Gasteiger partial charge in [0.25, 0.3) is 0 Å². The average Bonchev–Trinajstić information content (AvgIpc) is 3.42. The molecule has 8 nitrogen and oxygen atoms in total. The molecule has 1 aromatic carbocycles. The van der Waals surface area contributed by atoms with E-state index in [1.807, 2.05) is 28.8 Å². The van der Waals surface area contributed by atoms with Crippen molar-refractivity contribution in [1.29, 1.82) is 0 Å². The number of halogens is 1. The second kappa shape index (κ2) is 8.07. The van der Waals surface area contributed by atoms with Gasteiger partial charge in [0.2, 0.25) is 11.1 Å². The molecule has 1 aliphatic heterocycles. The zero-order valence-electron chi connectivity index (χ0n) is 14.7. The first kappa shape index (κ1) is 18.6. The fraction of sp³-hybridized carbons (Fsp3) is 0.222. The molecule has 1 fully saturated rings. The van der Waals surface area contributed by atoms with Crippen LogP contribution < -0.4 is 4.90 Å². The van der Waals surface area contributed by atoms with Gasteiger partial charge in [-0.05, 0) is 48.6 Å². The Balaban J connectivity index is 1.62. The summed E-state index contributed by atoms with van der Waals surface area (Å²) in [6, 6.07) is 10.4. The first-order chi connectivity index (χ1) is 13.6. The molecule has 0 N–H and O–H groups in total. The van der Waals surface area contributed by atoms with Gasteiger partial charge in [-0.25, -0.2) is 0 Å². The normalized spacial score (nSPS) is 14.2. The van der Waals surface area contributed by atoms with E-state index in [1.165, 1.54) is 17.8 Å². The van der Waals surface area contributed by atoms with Crippen LogP contribution in [0, 0.1) is 10.1 Å². The second-order valence-corrected chi connectivity index (χ2v) is 7.46. The van der Waals surface area contributed by atoms with Crippen LogP contribution in [0.5, 0.6) is 0 Å². The number of aromatic nitrogens is 3.